The third kappa shape index (κ3) is 1.42. The highest BCUT2D eigenvalue weighted by Gasteiger charge is 2.39. The van der Waals surface area contributed by atoms with Crippen LogP contribution in [0.2, 0.25) is 5.02 Å². The second kappa shape index (κ2) is 3.04. The number of esters is 1. The maximum absolute atomic E-state index is 10.8. The number of rotatable bonds is 1. The summed E-state index contributed by atoms with van der Waals surface area (Å²) in [4.78, 5) is 10.8. The van der Waals surface area contributed by atoms with Crippen molar-refractivity contribution < 1.29 is 9.53 Å². The molecule has 0 unspecified atom stereocenters. The second-order valence-corrected chi connectivity index (χ2v) is 3.64. The lowest BCUT2D eigenvalue weighted by molar-refractivity contribution is -0.183. The Morgan fingerprint density at radius 3 is 2.77 bits per heavy atom. The van der Waals surface area contributed by atoms with E-state index in [1.165, 1.54) is 0 Å². The van der Waals surface area contributed by atoms with E-state index in [2.05, 4.69) is 0 Å². The first-order valence-electron chi connectivity index (χ1n) is 4.14. The molecule has 0 spiro atoms. The number of hydrogen-bond acceptors (Lipinski definition) is 2. The minimum atomic E-state index is -0.134. The summed E-state index contributed by atoms with van der Waals surface area (Å²) in [6, 6.07) is 7.40. The van der Waals surface area contributed by atoms with Crippen LogP contribution < -0.4 is 0 Å². The van der Waals surface area contributed by atoms with Gasteiger partial charge in [0.2, 0.25) is 0 Å². The molecule has 2 rings (SSSR count). The van der Waals surface area contributed by atoms with Crippen molar-refractivity contribution in [2.75, 3.05) is 0 Å². The van der Waals surface area contributed by atoms with E-state index in [0.29, 0.717) is 5.02 Å². The lowest BCUT2D eigenvalue weighted by Crippen LogP contribution is -2.36. The third-order valence-electron chi connectivity index (χ3n) is 2.25. The van der Waals surface area contributed by atoms with Crippen LogP contribution in [-0.2, 0) is 9.53 Å². The van der Waals surface area contributed by atoms with Crippen LogP contribution in [0.5, 0.6) is 0 Å². The van der Waals surface area contributed by atoms with Gasteiger partial charge in [0.25, 0.3) is 0 Å². The van der Waals surface area contributed by atoms with Crippen LogP contribution >= 0.6 is 11.6 Å². The molecule has 0 bridgehead atoms. The van der Waals surface area contributed by atoms with Gasteiger partial charge in [0.15, 0.2) is 0 Å². The Morgan fingerprint density at radius 1 is 1.46 bits per heavy atom. The van der Waals surface area contributed by atoms with Gasteiger partial charge in [-0.25, -0.2) is 0 Å². The Morgan fingerprint density at radius 2 is 2.23 bits per heavy atom. The van der Waals surface area contributed by atoms with Crippen LogP contribution in [-0.4, -0.2) is 5.97 Å². The van der Waals surface area contributed by atoms with E-state index < -0.39 is 0 Å². The molecule has 1 aromatic carbocycles. The topological polar surface area (TPSA) is 26.3 Å². The first-order valence-corrected chi connectivity index (χ1v) is 4.52. The summed E-state index contributed by atoms with van der Waals surface area (Å²) in [7, 11) is 0. The molecule has 0 saturated carbocycles. The number of cyclic esters (lactones) is 1. The van der Waals surface area contributed by atoms with E-state index in [4.69, 9.17) is 16.3 Å². The molecule has 0 amide bonds. The van der Waals surface area contributed by atoms with Crippen molar-refractivity contribution in [1.82, 2.24) is 0 Å². The van der Waals surface area contributed by atoms with Gasteiger partial charge >= 0.3 is 5.97 Å². The average Bonchev–Trinajstić information content (AvgIpc) is 2.13. The number of carbonyl (C=O) groups is 1. The van der Waals surface area contributed by atoms with Crippen molar-refractivity contribution in [3.05, 3.63) is 34.9 Å². The normalized spacial score (nSPS) is 26.5. The lowest BCUT2D eigenvalue weighted by Gasteiger charge is -2.32. The van der Waals surface area contributed by atoms with Crippen LogP contribution in [0.1, 0.15) is 18.6 Å². The zero-order chi connectivity index (χ0) is 9.42. The second-order valence-electron chi connectivity index (χ2n) is 3.20. The summed E-state index contributed by atoms with van der Waals surface area (Å²) in [5.74, 6) is -0.177. The van der Waals surface area contributed by atoms with Gasteiger partial charge in [0, 0.05) is 5.02 Å². The van der Waals surface area contributed by atoms with Crippen molar-refractivity contribution in [2.24, 2.45) is 5.92 Å². The standard InChI is InChI=1S/C10H9ClO2/c1-6-9(13-10(6)12)7-3-2-4-8(11)5-7/h2-6,9H,1H3/t6-,9-/m0/s1. The summed E-state index contributed by atoms with van der Waals surface area (Å²) in [6.07, 6.45) is -0.105. The summed E-state index contributed by atoms with van der Waals surface area (Å²) in [5.41, 5.74) is 0.972. The summed E-state index contributed by atoms with van der Waals surface area (Å²) >= 11 is 5.81. The van der Waals surface area contributed by atoms with Gasteiger partial charge in [0.1, 0.15) is 6.10 Å². The van der Waals surface area contributed by atoms with Gasteiger partial charge in [-0.15, -0.1) is 0 Å². The molecule has 0 N–H and O–H groups in total. The van der Waals surface area contributed by atoms with Crippen molar-refractivity contribution in [1.29, 1.82) is 0 Å². The fraction of sp³-hybridized carbons (Fsp3) is 0.300. The van der Waals surface area contributed by atoms with E-state index in [1.807, 2.05) is 25.1 Å². The SMILES string of the molecule is C[C@@H]1C(=O)O[C@@H]1c1cccc(Cl)c1. The zero-order valence-corrected chi connectivity index (χ0v) is 7.91. The molecule has 0 aromatic heterocycles. The van der Waals surface area contributed by atoms with E-state index in [9.17, 15) is 4.79 Å². The molecule has 1 fully saturated rings. The molecule has 1 aromatic rings. The van der Waals surface area contributed by atoms with Crippen LogP contribution in [0.25, 0.3) is 0 Å². The number of benzene rings is 1. The Kier molecular flexibility index (Phi) is 2.00. The van der Waals surface area contributed by atoms with Crippen molar-refractivity contribution >= 4 is 17.6 Å². The monoisotopic (exact) mass is 196 g/mol. The Hall–Kier alpha value is -1.02. The predicted octanol–water partition coefficient (Wildman–Crippen LogP) is 2.57. The minimum absolute atomic E-state index is 0.0431. The average molecular weight is 197 g/mol. The number of carbonyl (C=O) groups excluding carboxylic acids is 1. The quantitative estimate of drug-likeness (QED) is 0.646. The molecule has 1 aliphatic heterocycles. The fourth-order valence-corrected chi connectivity index (χ4v) is 1.62. The highest BCUT2D eigenvalue weighted by molar-refractivity contribution is 6.30. The first-order chi connectivity index (χ1) is 6.18. The summed E-state index contributed by atoms with van der Waals surface area (Å²) < 4.78 is 4.99. The van der Waals surface area contributed by atoms with Gasteiger partial charge in [-0.2, -0.15) is 0 Å². The van der Waals surface area contributed by atoms with E-state index in [1.54, 1.807) is 6.07 Å². The van der Waals surface area contributed by atoms with E-state index in [0.717, 1.165) is 5.56 Å². The molecule has 1 aliphatic rings. The van der Waals surface area contributed by atoms with Crippen molar-refractivity contribution in [3.8, 4) is 0 Å². The fourth-order valence-electron chi connectivity index (χ4n) is 1.43. The smallest absolute Gasteiger partial charge is 0.313 e. The predicted molar refractivity (Wildman–Crippen MR) is 49.4 cm³/mol. The summed E-state index contributed by atoms with van der Waals surface area (Å²) in [5, 5.41) is 0.674. The van der Waals surface area contributed by atoms with Gasteiger partial charge in [-0.1, -0.05) is 23.7 Å². The Bertz CT molecular complexity index is 349. The van der Waals surface area contributed by atoms with E-state index >= 15 is 0 Å². The molecular formula is C10H9ClO2. The maximum atomic E-state index is 10.8. The van der Waals surface area contributed by atoms with Crippen LogP contribution in [0.3, 0.4) is 0 Å². The number of hydrogen-bond donors (Lipinski definition) is 0. The molecule has 68 valence electrons. The molecular weight excluding hydrogens is 188 g/mol. The molecule has 0 aliphatic carbocycles. The van der Waals surface area contributed by atoms with Gasteiger partial charge < -0.3 is 4.74 Å². The molecule has 1 heterocycles. The first kappa shape index (κ1) is 8.57. The minimum Gasteiger partial charge on any atom is -0.456 e. The zero-order valence-electron chi connectivity index (χ0n) is 7.16. The van der Waals surface area contributed by atoms with Crippen LogP contribution in [0, 0.1) is 5.92 Å². The van der Waals surface area contributed by atoms with Crippen LogP contribution in [0.4, 0.5) is 0 Å². The molecule has 0 radical (unpaired) electrons. The Balaban J connectivity index is 2.23. The van der Waals surface area contributed by atoms with E-state index in [-0.39, 0.29) is 18.0 Å². The van der Waals surface area contributed by atoms with Gasteiger partial charge in [-0.05, 0) is 24.6 Å². The molecule has 2 nitrogen and oxygen atoms in total. The van der Waals surface area contributed by atoms with Gasteiger partial charge in [0.05, 0.1) is 5.92 Å². The summed E-state index contributed by atoms with van der Waals surface area (Å²) in [6.45, 7) is 1.86. The van der Waals surface area contributed by atoms with Crippen LogP contribution in [0.15, 0.2) is 24.3 Å². The molecule has 3 heteroatoms. The van der Waals surface area contributed by atoms with Gasteiger partial charge in [-0.3, -0.25) is 4.79 Å². The molecule has 2 atom stereocenters. The molecule has 13 heavy (non-hydrogen) atoms. The molecule has 1 saturated heterocycles. The van der Waals surface area contributed by atoms with Crippen molar-refractivity contribution in [3.63, 3.8) is 0 Å². The number of halogens is 1. The maximum Gasteiger partial charge on any atom is 0.313 e. The largest absolute Gasteiger partial charge is 0.456 e. The highest BCUT2D eigenvalue weighted by Crippen LogP contribution is 2.36. The third-order valence-corrected chi connectivity index (χ3v) is 2.48. The number of ether oxygens (including phenoxy) is 1. The van der Waals surface area contributed by atoms with Crippen molar-refractivity contribution in [2.45, 2.75) is 13.0 Å². The lowest BCUT2D eigenvalue weighted by atomic mass is 9.93. The Labute approximate surface area is 81.5 Å². The highest BCUT2D eigenvalue weighted by atomic mass is 35.5.